The van der Waals surface area contributed by atoms with Crippen LogP contribution in [0.15, 0.2) is 36.5 Å². The maximum atomic E-state index is 12.6. The second kappa shape index (κ2) is 8.71. The molecule has 162 valence electrons. The van der Waals surface area contributed by atoms with Gasteiger partial charge in [0.05, 0.1) is 23.0 Å². The highest BCUT2D eigenvalue weighted by atomic mass is 16.2. The standard InChI is InChI=1S/C22H26N6O3/c1-25(2)16-14-19(24-23-15-16)26-10-12-27(13-11-26)20(29)8-5-9-28-21(30)17-6-3-4-7-18(17)22(28)31/h3-4,6-7,14-15H,5,8-13H2,1-2H3. The number of fused-ring (bicyclic) bond motifs is 1. The first kappa shape index (κ1) is 20.8. The van der Waals surface area contributed by atoms with E-state index in [-0.39, 0.29) is 24.3 Å². The van der Waals surface area contributed by atoms with Gasteiger partial charge in [-0.25, -0.2) is 0 Å². The Kier molecular flexibility index (Phi) is 5.83. The molecule has 1 aromatic carbocycles. The maximum Gasteiger partial charge on any atom is 0.261 e. The Labute approximate surface area is 181 Å². The number of anilines is 2. The lowest BCUT2D eigenvalue weighted by Gasteiger charge is -2.35. The van der Waals surface area contributed by atoms with Crippen molar-refractivity contribution >= 4 is 29.2 Å². The molecule has 0 atom stereocenters. The summed E-state index contributed by atoms with van der Waals surface area (Å²) < 4.78 is 0. The lowest BCUT2D eigenvalue weighted by Crippen LogP contribution is -2.49. The van der Waals surface area contributed by atoms with Crippen LogP contribution in [0.3, 0.4) is 0 Å². The molecule has 0 unspecified atom stereocenters. The highest BCUT2D eigenvalue weighted by Crippen LogP contribution is 2.23. The Balaban J connectivity index is 1.25. The van der Waals surface area contributed by atoms with Gasteiger partial charge in [0.2, 0.25) is 5.91 Å². The van der Waals surface area contributed by atoms with E-state index < -0.39 is 0 Å². The molecular formula is C22H26N6O3. The van der Waals surface area contributed by atoms with Gasteiger partial charge in [0.15, 0.2) is 5.82 Å². The number of carbonyl (C=O) groups is 3. The molecule has 1 fully saturated rings. The van der Waals surface area contributed by atoms with Crippen LogP contribution in [0.2, 0.25) is 0 Å². The zero-order valence-corrected chi connectivity index (χ0v) is 17.8. The van der Waals surface area contributed by atoms with Crippen molar-refractivity contribution in [3.8, 4) is 0 Å². The lowest BCUT2D eigenvalue weighted by atomic mass is 10.1. The molecule has 3 amide bonds. The monoisotopic (exact) mass is 422 g/mol. The molecule has 0 saturated carbocycles. The van der Waals surface area contributed by atoms with Crippen LogP contribution in [0.25, 0.3) is 0 Å². The molecule has 31 heavy (non-hydrogen) atoms. The molecule has 4 rings (SSSR count). The van der Waals surface area contributed by atoms with E-state index in [2.05, 4.69) is 15.1 Å². The Hall–Kier alpha value is -3.49. The van der Waals surface area contributed by atoms with E-state index in [1.165, 1.54) is 4.90 Å². The number of hydrogen-bond acceptors (Lipinski definition) is 7. The van der Waals surface area contributed by atoms with Gasteiger partial charge in [-0.3, -0.25) is 19.3 Å². The minimum absolute atomic E-state index is 0.0457. The smallest absolute Gasteiger partial charge is 0.261 e. The quantitative estimate of drug-likeness (QED) is 0.648. The topological polar surface area (TPSA) is 90.0 Å². The number of aromatic nitrogens is 2. The first-order valence-electron chi connectivity index (χ1n) is 10.4. The van der Waals surface area contributed by atoms with Crippen LogP contribution in [0, 0.1) is 0 Å². The van der Waals surface area contributed by atoms with E-state index in [4.69, 9.17) is 0 Å². The van der Waals surface area contributed by atoms with Crippen LogP contribution in [-0.2, 0) is 4.79 Å². The molecule has 1 aromatic heterocycles. The number of hydrogen-bond donors (Lipinski definition) is 0. The van der Waals surface area contributed by atoms with Crippen molar-refractivity contribution in [3.05, 3.63) is 47.7 Å². The number of carbonyl (C=O) groups excluding carboxylic acids is 3. The Morgan fingerprint density at radius 1 is 1.03 bits per heavy atom. The highest BCUT2D eigenvalue weighted by molar-refractivity contribution is 6.21. The molecule has 2 aliphatic heterocycles. The molecule has 1 saturated heterocycles. The number of piperazine rings is 1. The third kappa shape index (κ3) is 4.21. The van der Waals surface area contributed by atoms with Gasteiger partial charge in [-0.1, -0.05) is 12.1 Å². The summed E-state index contributed by atoms with van der Waals surface area (Å²) in [5, 5.41) is 8.28. The number of benzene rings is 1. The van der Waals surface area contributed by atoms with E-state index in [0.717, 1.165) is 11.5 Å². The summed E-state index contributed by atoms with van der Waals surface area (Å²) in [4.78, 5) is 44.6. The van der Waals surface area contributed by atoms with E-state index in [0.29, 0.717) is 50.1 Å². The highest BCUT2D eigenvalue weighted by Gasteiger charge is 2.34. The van der Waals surface area contributed by atoms with Crippen molar-refractivity contribution in [1.82, 2.24) is 20.0 Å². The van der Waals surface area contributed by atoms with Crippen LogP contribution in [0.4, 0.5) is 11.5 Å². The van der Waals surface area contributed by atoms with Crippen molar-refractivity contribution in [2.24, 2.45) is 0 Å². The molecule has 3 heterocycles. The van der Waals surface area contributed by atoms with Crippen LogP contribution < -0.4 is 9.80 Å². The predicted molar refractivity (Wildman–Crippen MR) is 116 cm³/mol. The van der Waals surface area contributed by atoms with Gasteiger partial charge in [0.25, 0.3) is 11.8 Å². The van der Waals surface area contributed by atoms with Crippen LogP contribution in [0.5, 0.6) is 0 Å². The van der Waals surface area contributed by atoms with E-state index in [1.807, 2.05) is 30.0 Å². The summed E-state index contributed by atoms with van der Waals surface area (Å²) in [7, 11) is 3.92. The molecule has 9 nitrogen and oxygen atoms in total. The minimum atomic E-state index is -0.275. The molecule has 0 bridgehead atoms. The largest absolute Gasteiger partial charge is 0.376 e. The second-order valence-corrected chi connectivity index (χ2v) is 7.95. The third-order valence-corrected chi connectivity index (χ3v) is 5.75. The van der Waals surface area contributed by atoms with E-state index in [9.17, 15) is 14.4 Å². The number of amides is 3. The molecule has 2 aromatic rings. The van der Waals surface area contributed by atoms with Gasteiger partial charge in [-0.05, 0) is 18.6 Å². The summed E-state index contributed by atoms with van der Waals surface area (Å²) in [6.07, 6.45) is 2.49. The van der Waals surface area contributed by atoms with Crippen molar-refractivity contribution in [2.75, 3.05) is 56.6 Å². The molecule has 0 spiro atoms. The summed E-state index contributed by atoms with van der Waals surface area (Å²) in [5.41, 5.74) is 1.87. The summed E-state index contributed by atoms with van der Waals surface area (Å²) in [6, 6.07) is 8.82. The normalized spacial score (nSPS) is 16.0. The van der Waals surface area contributed by atoms with E-state index >= 15 is 0 Å². The van der Waals surface area contributed by atoms with Gasteiger partial charge < -0.3 is 14.7 Å². The maximum absolute atomic E-state index is 12.6. The molecule has 2 aliphatic rings. The predicted octanol–water partition coefficient (Wildman–Crippen LogP) is 1.27. The van der Waals surface area contributed by atoms with Crippen LogP contribution in [-0.4, -0.2) is 84.5 Å². The van der Waals surface area contributed by atoms with Gasteiger partial charge in [-0.2, -0.15) is 5.10 Å². The third-order valence-electron chi connectivity index (χ3n) is 5.75. The first-order chi connectivity index (χ1) is 15.0. The van der Waals surface area contributed by atoms with Gasteiger partial charge in [0, 0.05) is 59.3 Å². The van der Waals surface area contributed by atoms with Crippen molar-refractivity contribution < 1.29 is 14.4 Å². The van der Waals surface area contributed by atoms with Crippen molar-refractivity contribution in [1.29, 1.82) is 0 Å². The molecule has 0 radical (unpaired) electrons. The minimum Gasteiger partial charge on any atom is -0.376 e. The van der Waals surface area contributed by atoms with Crippen LogP contribution in [0.1, 0.15) is 33.6 Å². The van der Waals surface area contributed by atoms with Crippen LogP contribution >= 0.6 is 0 Å². The Morgan fingerprint density at radius 2 is 1.68 bits per heavy atom. The van der Waals surface area contributed by atoms with Crippen molar-refractivity contribution in [2.45, 2.75) is 12.8 Å². The second-order valence-electron chi connectivity index (χ2n) is 7.95. The molecule has 0 N–H and O–H groups in total. The zero-order valence-electron chi connectivity index (χ0n) is 17.8. The average Bonchev–Trinajstić information content (AvgIpc) is 3.04. The summed E-state index contributed by atoms with van der Waals surface area (Å²) in [6.45, 7) is 2.86. The fourth-order valence-corrected chi connectivity index (χ4v) is 3.92. The summed E-state index contributed by atoms with van der Waals surface area (Å²) in [5.74, 6) is 0.304. The van der Waals surface area contributed by atoms with Gasteiger partial charge in [-0.15, -0.1) is 5.10 Å². The van der Waals surface area contributed by atoms with Gasteiger partial charge in [0.1, 0.15) is 0 Å². The lowest BCUT2D eigenvalue weighted by molar-refractivity contribution is -0.131. The zero-order chi connectivity index (χ0) is 22.0. The van der Waals surface area contributed by atoms with Crippen molar-refractivity contribution in [3.63, 3.8) is 0 Å². The fourth-order valence-electron chi connectivity index (χ4n) is 3.92. The molecular weight excluding hydrogens is 396 g/mol. The Morgan fingerprint density at radius 3 is 2.29 bits per heavy atom. The molecule has 0 aliphatic carbocycles. The average molecular weight is 422 g/mol. The van der Waals surface area contributed by atoms with E-state index in [1.54, 1.807) is 30.5 Å². The van der Waals surface area contributed by atoms with Gasteiger partial charge >= 0.3 is 0 Å². The number of nitrogens with zero attached hydrogens (tertiary/aromatic N) is 6. The summed E-state index contributed by atoms with van der Waals surface area (Å²) >= 11 is 0. The SMILES string of the molecule is CN(C)c1cnnc(N2CCN(C(=O)CCCN3C(=O)c4ccccc4C3=O)CC2)c1. The number of imide groups is 1. The fraction of sp³-hybridized carbons (Fsp3) is 0.409. The first-order valence-corrected chi connectivity index (χ1v) is 10.4. The number of rotatable bonds is 6. The molecule has 9 heteroatoms. The Bertz CT molecular complexity index is 965.